The van der Waals surface area contributed by atoms with Crippen LogP contribution in [0.25, 0.3) is 5.32 Å². The molecule has 0 saturated carbocycles. The fraction of sp³-hybridized carbons (Fsp3) is 1.00. The molecule has 102 valence electrons. The van der Waals surface area contributed by atoms with Gasteiger partial charge in [-0.1, -0.05) is 19.8 Å². The standard InChI is InChI=1S/C10H22N3.3ClH.Ti/c1-10-4-9-12-6-2-5-11-7-3-8-13-10;;;;/h10-12H,2-9H2,1H3;3*1H;/q-1;;;;+4/p-3. The van der Waals surface area contributed by atoms with Crippen molar-refractivity contribution in [3.8, 4) is 0 Å². The Labute approximate surface area is 139 Å². The maximum absolute atomic E-state index is 4.58. The molecule has 1 rings (SSSR count). The first-order chi connectivity index (χ1) is 6.39. The van der Waals surface area contributed by atoms with E-state index in [0.29, 0.717) is 6.04 Å². The van der Waals surface area contributed by atoms with Gasteiger partial charge >= 0.3 is 21.7 Å². The first kappa shape index (κ1) is 26.9. The van der Waals surface area contributed by atoms with Gasteiger partial charge in [0, 0.05) is 0 Å². The molecule has 1 unspecified atom stereocenters. The SMILES string of the molecule is CC1CCNCCCNCCC[N-]1.[Cl-].[Cl-].[Cl-].[Ti+4]. The molecule has 2 N–H and O–H groups in total. The van der Waals surface area contributed by atoms with Crippen molar-refractivity contribution in [3.63, 3.8) is 0 Å². The quantitative estimate of drug-likeness (QED) is 0.431. The summed E-state index contributed by atoms with van der Waals surface area (Å²) in [5.74, 6) is 0. The molecule has 0 radical (unpaired) electrons. The first-order valence-electron chi connectivity index (χ1n) is 5.47. The molecule has 0 bridgehead atoms. The second-order valence-electron chi connectivity index (χ2n) is 3.75. The van der Waals surface area contributed by atoms with E-state index in [2.05, 4.69) is 22.9 Å². The zero-order valence-electron chi connectivity index (χ0n) is 10.3. The molecule has 1 aliphatic heterocycles. The second-order valence-corrected chi connectivity index (χ2v) is 3.75. The zero-order chi connectivity index (χ0) is 9.36. The number of rotatable bonds is 0. The van der Waals surface area contributed by atoms with E-state index in [4.69, 9.17) is 0 Å². The molecule has 0 spiro atoms. The van der Waals surface area contributed by atoms with Crippen molar-refractivity contribution in [1.82, 2.24) is 10.6 Å². The summed E-state index contributed by atoms with van der Waals surface area (Å²) in [6, 6.07) is 0.534. The van der Waals surface area contributed by atoms with E-state index in [1.807, 2.05) is 0 Å². The van der Waals surface area contributed by atoms with Crippen LogP contribution in [0.5, 0.6) is 0 Å². The van der Waals surface area contributed by atoms with Crippen molar-refractivity contribution >= 4 is 0 Å². The van der Waals surface area contributed by atoms with Crippen molar-refractivity contribution in [1.29, 1.82) is 0 Å². The summed E-state index contributed by atoms with van der Waals surface area (Å²) in [7, 11) is 0. The smallest absolute Gasteiger partial charge is 1.00 e. The van der Waals surface area contributed by atoms with Gasteiger partial charge in [0.15, 0.2) is 0 Å². The van der Waals surface area contributed by atoms with Crippen LogP contribution in [0, 0.1) is 0 Å². The minimum absolute atomic E-state index is 0. The average Bonchev–Trinajstić information content (AvgIpc) is 2.11. The number of hydrogen-bond donors (Lipinski definition) is 2. The van der Waals surface area contributed by atoms with E-state index < -0.39 is 0 Å². The molecule has 17 heavy (non-hydrogen) atoms. The minimum Gasteiger partial charge on any atom is -1.00 e. The maximum Gasteiger partial charge on any atom is 4.00 e. The third kappa shape index (κ3) is 17.5. The van der Waals surface area contributed by atoms with Crippen LogP contribution < -0.4 is 47.9 Å². The number of nitrogens with zero attached hydrogens (tertiary/aromatic N) is 1. The monoisotopic (exact) mass is 337 g/mol. The molecule has 7 heteroatoms. The van der Waals surface area contributed by atoms with Crippen LogP contribution in [0.15, 0.2) is 0 Å². The summed E-state index contributed by atoms with van der Waals surface area (Å²) in [6.45, 7) is 7.75. The molecular formula is C10H22Cl3N3Ti. The van der Waals surface area contributed by atoms with E-state index in [1.165, 1.54) is 19.3 Å². The summed E-state index contributed by atoms with van der Waals surface area (Å²) < 4.78 is 0. The van der Waals surface area contributed by atoms with Crippen LogP contribution in [0.1, 0.15) is 26.2 Å². The Morgan fingerprint density at radius 3 is 2.06 bits per heavy atom. The number of hydrogen-bond acceptors (Lipinski definition) is 2. The molecule has 3 nitrogen and oxygen atoms in total. The van der Waals surface area contributed by atoms with Crippen LogP contribution in [0.4, 0.5) is 0 Å². The van der Waals surface area contributed by atoms with E-state index in [0.717, 1.165) is 32.7 Å². The van der Waals surface area contributed by atoms with Crippen LogP contribution in [0.3, 0.4) is 0 Å². The van der Waals surface area contributed by atoms with Gasteiger partial charge in [-0.25, -0.2) is 0 Å². The molecule has 1 saturated heterocycles. The van der Waals surface area contributed by atoms with Gasteiger partial charge in [0.05, 0.1) is 0 Å². The van der Waals surface area contributed by atoms with Gasteiger partial charge < -0.3 is 53.2 Å². The molecule has 1 fully saturated rings. The summed E-state index contributed by atoms with van der Waals surface area (Å²) in [4.78, 5) is 0. The molecule has 0 aliphatic carbocycles. The van der Waals surface area contributed by atoms with Gasteiger partial charge in [0.25, 0.3) is 0 Å². The normalized spacial score (nSPS) is 22.1. The Hall–Kier alpha value is 1.46. The molecule has 0 amide bonds. The van der Waals surface area contributed by atoms with Gasteiger partial charge in [-0.05, 0) is 32.6 Å². The third-order valence-electron chi connectivity index (χ3n) is 2.40. The first-order valence-corrected chi connectivity index (χ1v) is 5.47. The summed E-state index contributed by atoms with van der Waals surface area (Å²) in [5.41, 5.74) is 0. The fourth-order valence-electron chi connectivity index (χ4n) is 1.51. The Morgan fingerprint density at radius 1 is 0.882 bits per heavy atom. The van der Waals surface area contributed by atoms with Gasteiger partial charge in [-0.2, -0.15) is 0 Å². The van der Waals surface area contributed by atoms with Crippen LogP contribution in [-0.4, -0.2) is 38.8 Å². The Kier molecular flexibility index (Phi) is 31.3. The van der Waals surface area contributed by atoms with E-state index in [9.17, 15) is 0 Å². The Morgan fingerprint density at radius 2 is 1.41 bits per heavy atom. The Bertz CT molecular complexity index is 121. The van der Waals surface area contributed by atoms with Crippen molar-refractivity contribution in [2.45, 2.75) is 32.2 Å². The van der Waals surface area contributed by atoms with Gasteiger partial charge in [0.2, 0.25) is 0 Å². The van der Waals surface area contributed by atoms with E-state index >= 15 is 0 Å². The van der Waals surface area contributed by atoms with Gasteiger partial charge in [-0.3, -0.25) is 0 Å². The van der Waals surface area contributed by atoms with Crippen LogP contribution in [-0.2, 0) is 21.7 Å². The maximum atomic E-state index is 4.58. The van der Waals surface area contributed by atoms with E-state index in [1.54, 1.807) is 0 Å². The molecule has 0 aromatic heterocycles. The van der Waals surface area contributed by atoms with Crippen LogP contribution >= 0.6 is 0 Å². The van der Waals surface area contributed by atoms with Crippen molar-refractivity contribution in [3.05, 3.63) is 5.32 Å². The van der Waals surface area contributed by atoms with Gasteiger partial charge in [0.1, 0.15) is 0 Å². The predicted octanol–water partition coefficient (Wildman–Crippen LogP) is -7.88. The zero-order valence-corrected chi connectivity index (χ0v) is 14.1. The second kappa shape index (κ2) is 19.8. The summed E-state index contributed by atoms with van der Waals surface area (Å²) in [6.07, 6.45) is 3.62. The summed E-state index contributed by atoms with van der Waals surface area (Å²) in [5, 5.41) is 11.4. The molecule has 1 atom stereocenters. The molecular weight excluding hydrogens is 316 g/mol. The number of nitrogens with one attached hydrogen (secondary N) is 2. The van der Waals surface area contributed by atoms with Crippen molar-refractivity contribution in [2.75, 3.05) is 32.7 Å². The van der Waals surface area contributed by atoms with E-state index in [-0.39, 0.29) is 58.9 Å². The molecule has 0 aromatic rings. The van der Waals surface area contributed by atoms with Crippen molar-refractivity contribution < 1.29 is 58.9 Å². The van der Waals surface area contributed by atoms with Gasteiger partial charge in [-0.15, -0.1) is 12.6 Å². The Balaban J connectivity index is -0.000000211. The third-order valence-corrected chi connectivity index (χ3v) is 2.40. The van der Waals surface area contributed by atoms with Crippen molar-refractivity contribution in [2.24, 2.45) is 0 Å². The fourth-order valence-corrected chi connectivity index (χ4v) is 1.51. The molecule has 1 aliphatic rings. The predicted molar refractivity (Wildman–Crippen MR) is 57.3 cm³/mol. The minimum atomic E-state index is 0. The van der Waals surface area contributed by atoms with Crippen LogP contribution in [0.2, 0.25) is 0 Å². The topological polar surface area (TPSA) is 38.2 Å². The molecule has 0 aromatic carbocycles. The largest absolute Gasteiger partial charge is 4.00 e. The average molecular weight is 339 g/mol. The number of halogens is 3. The molecule has 1 heterocycles. The summed E-state index contributed by atoms with van der Waals surface area (Å²) >= 11 is 0.